The number of phenols is 1. The number of benzene rings is 1. The predicted molar refractivity (Wildman–Crippen MR) is 61.3 cm³/mol. The molecule has 0 aromatic heterocycles. The highest BCUT2D eigenvalue weighted by Crippen LogP contribution is 2.36. The van der Waals surface area contributed by atoms with Crippen LogP contribution in [0.5, 0.6) is 11.5 Å². The molecule has 0 spiro atoms. The summed E-state index contributed by atoms with van der Waals surface area (Å²) in [6, 6.07) is 2.12. The van der Waals surface area contributed by atoms with E-state index in [9.17, 15) is 9.90 Å². The van der Waals surface area contributed by atoms with E-state index in [0.717, 1.165) is 0 Å². The van der Waals surface area contributed by atoms with E-state index in [4.69, 9.17) is 10.5 Å². The zero-order chi connectivity index (χ0) is 12.3. The number of phenolic OH excluding ortho intramolecular Hbond substituents is 1. The van der Waals surface area contributed by atoms with Crippen LogP contribution in [-0.2, 0) is 9.53 Å². The van der Waals surface area contributed by atoms with Crippen molar-refractivity contribution >= 4 is 21.9 Å². The molecule has 1 atom stereocenters. The molecule has 1 rings (SSSR count). The minimum atomic E-state index is -0.907. The molecule has 0 amide bonds. The summed E-state index contributed by atoms with van der Waals surface area (Å²) < 4.78 is 9.87. The lowest BCUT2D eigenvalue weighted by atomic mass is 10.1. The standard InChI is InChI=1S/C10H12BrNO4/c1-15-7-4-5(3-6(11)9(7)13)8(12)10(14)16-2/h3-4,8,13H,12H2,1-2H3/t8-/m0/s1. The lowest BCUT2D eigenvalue weighted by Crippen LogP contribution is -2.22. The predicted octanol–water partition coefficient (Wildman–Crippen LogP) is 1.34. The highest BCUT2D eigenvalue weighted by Gasteiger charge is 2.19. The molecule has 0 unspecified atom stereocenters. The number of carbonyl (C=O) groups is 1. The zero-order valence-electron chi connectivity index (χ0n) is 8.86. The van der Waals surface area contributed by atoms with Crippen molar-refractivity contribution in [2.75, 3.05) is 14.2 Å². The second-order valence-corrected chi connectivity index (χ2v) is 3.91. The van der Waals surface area contributed by atoms with Crippen LogP contribution in [0.25, 0.3) is 0 Å². The molecular weight excluding hydrogens is 278 g/mol. The highest BCUT2D eigenvalue weighted by molar-refractivity contribution is 9.10. The number of halogens is 1. The van der Waals surface area contributed by atoms with Crippen molar-refractivity contribution in [3.63, 3.8) is 0 Å². The van der Waals surface area contributed by atoms with Gasteiger partial charge in [-0.15, -0.1) is 0 Å². The Labute approximate surface area is 101 Å². The van der Waals surface area contributed by atoms with Gasteiger partial charge in [-0.25, -0.2) is 0 Å². The number of ether oxygens (including phenoxy) is 2. The summed E-state index contributed by atoms with van der Waals surface area (Å²) in [6.07, 6.45) is 0. The highest BCUT2D eigenvalue weighted by atomic mass is 79.9. The number of carbonyl (C=O) groups excluding carboxylic acids is 1. The average Bonchev–Trinajstić information content (AvgIpc) is 2.30. The number of hydrogen-bond donors (Lipinski definition) is 2. The molecule has 0 aliphatic carbocycles. The summed E-state index contributed by atoms with van der Waals surface area (Å²) in [5.74, 6) is -0.355. The third kappa shape index (κ3) is 2.45. The Balaban J connectivity index is 3.16. The van der Waals surface area contributed by atoms with Crippen molar-refractivity contribution < 1.29 is 19.4 Å². The molecule has 0 saturated carbocycles. The molecule has 1 aromatic rings. The lowest BCUT2D eigenvalue weighted by Gasteiger charge is -2.13. The SMILES string of the molecule is COC(=O)[C@@H](N)c1cc(Br)c(O)c(OC)c1. The summed E-state index contributed by atoms with van der Waals surface area (Å²) in [7, 11) is 2.67. The summed E-state index contributed by atoms with van der Waals surface area (Å²) in [5, 5.41) is 9.57. The largest absolute Gasteiger partial charge is 0.503 e. The van der Waals surface area contributed by atoms with Gasteiger partial charge < -0.3 is 20.3 Å². The molecule has 0 radical (unpaired) electrons. The molecule has 16 heavy (non-hydrogen) atoms. The van der Waals surface area contributed by atoms with Crippen LogP contribution in [0.4, 0.5) is 0 Å². The molecule has 5 nitrogen and oxygen atoms in total. The van der Waals surface area contributed by atoms with Crippen molar-refractivity contribution in [1.82, 2.24) is 0 Å². The number of nitrogens with two attached hydrogens (primary N) is 1. The summed E-state index contributed by atoms with van der Waals surface area (Å²) in [6.45, 7) is 0. The van der Waals surface area contributed by atoms with Crippen molar-refractivity contribution in [2.24, 2.45) is 5.73 Å². The molecule has 6 heteroatoms. The van der Waals surface area contributed by atoms with E-state index in [1.807, 2.05) is 0 Å². The minimum Gasteiger partial charge on any atom is -0.503 e. The number of esters is 1. The zero-order valence-corrected chi connectivity index (χ0v) is 10.4. The molecule has 0 aliphatic heterocycles. The van der Waals surface area contributed by atoms with Gasteiger partial charge >= 0.3 is 5.97 Å². The van der Waals surface area contributed by atoms with Crippen molar-refractivity contribution in [3.05, 3.63) is 22.2 Å². The van der Waals surface area contributed by atoms with Gasteiger partial charge in [-0.1, -0.05) is 0 Å². The Bertz CT molecular complexity index is 408. The maximum atomic E-state index is 11.2. The first-order valence-electron chi connectivity index (χ1n) is 4.41. The molecule has 88 valence electrons. The Morgan fingerprint density at radius 3 is 2.62 bits per heavy atom. The van der Waals surface area contributed by atoms with Gasteiger partial charge in [0, 0.05) is 0 Å². The van der Waals surface area contributed by atoms with Crippen LogP contribution in [0, 0.1) is 0 Å². The van der Waals surface area contributed by atoms with E-state index in [1.165, 1.54) is 20.3 Å². The maximum Gasteiger partial charge on any atom is 0.327 e. The van der Waals surface area contributed by atoms with Crippen LogP contribution in [0.2, 0.25) is 0 Å². The number of aromatic hydroxyl groups is 1. The van der Waals surface area contributed by atoms with Gasteiger partial charge in [-0.3, -0.25) is 4.79 Å². The van der Waals surface area contributed by atoms with Crippen molar-refractivity contribution in [1.29, 1.82) is 0 Å². The Morgan fingerprint density at radius 1 is 1.50 bits per heavy atom. The van der Waals surface area contributed by atoms with Gasteiger partial charge in [-0.05, 0) is 33.6 Å². The normalized spacial score (nSPS) is 12.0. The topological polar surface area (TPSA) is 81.8 Å². The molecule has 0 heterocycles. The summed E-state index contributed by atoms with van der Waals surface area (Å²) in [5.41, 5.74) is 6.15. The monoisotopic (exact) mass is 289 g/mol. The fourth-order valence-electron chi connectivity index (χ4n) is 1.19. The van der Waals surface area contributed by atoms with Crippen LogP contribution in [-0.4, -0.2) is 25.3 Å². The Hall–Kier alpha value is -1.27. The van der Waals surface area contributed by atoms with Gasteiger partial charge in [0.05, 0.1) is 18.7 Å². The molecule has 1 aromatic carbocycles. The molecule has 0 fully saturated rings. The van der Waals surface area contributed by atoms with Crippen LogP contribution in [0.1, 0.15) is 11.6 Å². The second kappa shape index (κ2) is 5.18. The third-order valence-electron chi connectivity index (χ3n) is 2.08. The first-order chi connectivity index (χ1) is 7.51. The van der Waals surface area contributed by atoms with Gasteiger partial charge in [0.2, 0.25) is 0 Å². The van der Waals surface area contributed by atoms with Crippen molar-refractivity contribution in [3.8, 4) is 11.5 Å². The van der Waals surface area contributed by atoms with Gasteiger partial charge in [0.15, 0.2) is 11.5 Å². The third-order valence-corrected chi connectivity index (χ3v) is 2.69. The van der Waals surface area contributed by atoms with E-state index in [2.05, 4.69) is 20.7 Å². The van der Waals surface area contributed by atoms with Crippen LogP contribution < -0.4 is 10.5 Å². The quantitative estimate of drug-likeness (QED) is 0.821. The minimum absolute atomic E-state index is 0.0386. The Kier molecular flexibility index (Phi) is 4.14. The first-order valence-corrected chi connectivity index (χ1v) is 5.20. The van der Waals surface area contributed by atoms with Crippen LogP contribution >= 0.6 is 15.9 Å². The molecule has 0 bridgehead atoms. The van der Waals surface area contributed by atoms with Gasteiger partial charge in [0.25, 0.3) is 0 Å². The van der Waals surface area contributed by atoms with E-state index in [1.54, 1.807) is 6.07 Å². The van der Waals surface area contributed by atoms with Crippen LogP contribution in [0.3, 0.4) is 0 Å². The molecule has 0 aliphatic rings. The molecular formula is C10H12BrNO4. The Morgan fingerprint density at radius 2 is 2.12 bits per heavy atom. The van der Waals surface area contributed by atoms with Gasteiger partial charge in [-0.2, -0.15) is 0 Å². The maximum absolute atomic E-state index is 11.2. The molecule has 0 saturated heterocycles. The summed E-state index contributed by atoms with van der Waals surface area (Å²) >= 11 is 3.14. The fraction of sp³-hybridized carbons (Fsp3) is 0.300. The smallest absolute Gasteiger partial charge is 0.327 e. The lowest BCUT2D eigenvalue weighted by molar-refractivity contribution is -0.142. The van der Waals surface area contributed by atoms with E-state index in [-0.39, 0.29) is 11.5 Å². The fourth-order valence-corrected chi connectivity index (χ4v) is 1.65. The molecule has 3 N–H and O–H groups in total. The van der Waals surface area contributed by atoms with Crippen molar-refractivity contribution in [2.45, 2.75) is 6.04 Å². The average molecular weight is 290 g/mol. The first kappa shape index (κ1) is 12.8. The second-order valence-electron chi connectivity index (χ2n) is 3.05. The van der Waals surface area contributed by atoms with Gasteiger partial charge in [0.1, 0.15) is 6.04 Å². The van der Waals surface area contributed by atoms with E-state index in [0.29, 0.717) is 10.0 Å². The van der Waals surface area contributed by atoms with E-state index >= 15 is 0 Å². The number of methoxy groups -OCH3 is 2. The van der Waals surface area contributed by atoms with Crippen LogP contribution in [0.15, 0.2) is 16.6 Å². The number of rotatable bonds is 3. The van der Waals surface area contributed by atoms with E-state index < -0.39 is 12.0 Å². The number of hydrogen-bond acceptors (Lipinski definition) is 5. The summed E-state index contributed by atoms with van der Waals surface area (Å²) in [4.78, 5) is 11.2.